The molecule has 2 rings (SSSR count). The van der Waals surface area contributed by atoms with E-state index in [-0.39, 0.29) is 5.54 Å². The number of para-hydroxylation sites is 1. The third kappa shape index (κ3) is 1.61. The highest BCUT2D eigenvalue weighted by Gasteiger charge is 2.23. The zero-order chi connectivity index (χ0) is 10.2. The second-order valence-corrected chi connectivity index (χ2v) is 4.13. The van der Waals surface area contributed by atoms with Crippen LogP contribution in [0.25, 0.3) is 0 Å². The van der Waals surface area contributed by atoms with Crippen molar-refractivity contribution in [3.8, 4) is 5.75 Å². The summed E-state index contributed by atoms with van der Waals surface area (Å²) in [6, 6.07) is 5.99. The molecule has 0 amide bonds. The Morgan fingerprint density at radius 2 is 2.14 bits per heavy atom. The van der Waals surface area contributed by atoms with E-state index in [2.05, 4.69) is 0 Å². The molecule has 14 heavy (non-hydrogen) atoms. The summed E-state index contributed by atoms with van der Waals surface area (Å²) < 4.78 is 10.7. The van der Waals surface area contributed by atoms with Gasteiger partial charge in [-0.2, -0.15) is 0 Å². The Balaban J connectivity index is 2.51. The van der Waals surface area contributed by atoms with Crippen LogP contribution < -0.4 is 10.5 Å². The molecule has 2 N–H and O–H groups in total. The number of rotatable bonds is 1. The van der Waals surface area contributed by atoms with Crippen LogP contribution in [0, 0.1) is 0 Å². The van der Waals surface area contributed by atoms with Gasteiger partial charge in [-0.15, -0.1) is 0 Å². The van der Waals surface area contributed by atoms with Gasteiger partial charge in [-0.25, -0.2) is 0 Å². The smallest absolute Gasteiger partial charge is 0.189 e. The number of fused-ring (bicyclic) bond motifs is 1. The van der Waals surface area contributed by atoms with Gasteiger partial charge in [0.05, 0.1) is 6.61 Å². The van der Waals surface area contributed by atoms with Crippen LogP contribution in [0.2, 0.25) is 0 Å². The van der Waals surface area contributed by atoms with Gasteiger partial charge in [0.25, 0.3) is 0 Å². The minimum absolute atomic E-state index is 0.320. The molecule has 0 unspecified atom stereocenters. The number of nitrogens with two attached hydrogens (primary N) is 1. The summed E-state index contributed by atoms with van der Waals surface area (Å²) in [6.45, 7) is 4.88. The van der Waals surface area contributed by atoms with Crippen LogP contribution in [0.3, 0.4) is 0 Å². The first-order valence-electron chi connectivity index (χ1n) is 4.71. The summed E-state index contributed by atoms with van der Waals surface area (Å²) in [5.41, 5.74) is 7.80. The Hall–Kier alpha value is -1.06. The third-order valence-electron chi connectivity index (χ3n) is 2.33. The lowest BCUT2D eigenvalue weighted by Gasteiger charge is -2.27. The van der Waals surface area contributed by atoms with Gasteiger partial charge in [-0.05, 0) is 13.8 Å². The van der Waals surface area contributed by atoms with Crippen molar-refractivity contribution < 1.29 is 9.47 Å². The lowest BCUT2D eigenvalue weighted by atomic mass is 9.92. The zero-order valence-corrected chi connectivity index (χ0v) is 8.54. The summed E-state index contributed by atoms with van der Waals surface area (Å²) in [5, 5.41) is 0. The number of ether oxygens (including phenoxy) is 2. The Morgan fingerprint density at radius 1 is 1.36 bits per heavy atom. The Morgan fingerprint density at radius 3 is 2.86 bits per heavy atom. The highest BCUT2D eigenvalue weighted by molar-refractivity contribution is 5.45. The second-order valence-electron chi connectivity index (χ2n) is 4.13. The van der Waals surface area contributed by atoms with Gasteiger partial charge in [-0.1, -0.05) is 18.2 Å². The second kappa shape index (κ2) is 3.26. The van der Waals surface area contributed by atoms with E-state index in [4.69, 9.17) is 15.2 Å². The maximum atomic E-state index is 6.06. The van der Waals surface area contributed by atoms with E-state index in [1.54, 1.807) is 0 Å². The van der Waals surface area contributed by atoms with Crippen molar-refractivity contribution in [2.75, 3.05) is 6.79 Å². The predicted octanol–water partition coefficient (Wildman–Crippen LogP) is 1.75. The first-order chi connectivity index (χ1) is 6.59. The van der Waals surface area contributed by atoms with Crippen molar-refractivity contribution in [1.82, 2.24) is 0 Å². The van der Waals surface area contributed by atoms with Crippen molar-refractivity contribution in [3.05, 3.63) is 29.3 Å². The van der Waals surface area contributed by atoms with Crippen molar-refractivity contribution in [2.45, 2.75) is 26.0 Å². The molecule has 0 saturated heterocycles. The summed E-state index contributed by atoms with van der Waals surface area (Å²) in [6.07, 6.45) is 0. The van der Waals surface area contributed by atoms with E-state index < -0.39 is 0 Å². The molecular weight excluding hydrogens is 178 g/mol. The molecule has 0 aromatic heterocycles. The van der Waals surface area contributed by atoms with Gasteiger partial charge < -0.3 is 15.2 Å². The van der Waals surface area contributed by atoms with Gasteiger partial charge in [0.15, 0.2) is 6.79 Å². The van der Waals surface area contributed by atoms with E-state index in [0.717, 1.165) is 16.9 Å². The molecule has 1 aliphatic heterocycles. The van der Waals surface area contributed by atoms with Crippen molar-refractivity contribution in [2.24, 2.45) is 5.73 Å². The molecule has 76 valence electrons. The average Bonchev–Trinajstić information content (AvgIpc) is 2.15. The molecule has 1 aromatic rings. The summed E-state index contributed by atoms with van der Waals surface area (Å²) in [7, 11) is 0. The molecule has 3 nitrogen and oxygen atoms in total. The normalized spacial score (nSPS) is 15.9. The van der Waals surface area contributed by atoms with E-state index in [0.29, 0.717) is 13.4 Å². The lowest BCUT2D eigenvalue weighted by Crippen LogP contribution is -2.30. The Kier molecular flexibility index (Phi) is 2.21. The maximum Gasteiger partial charge on any atom is 0.189 e. The fraction of sp³-hybridized carbons (Fsp3) is 0.455. The van der Waals surface area contributed by atoms with Crippen molar-refractivity contribution in [3.63, 3.8) is 0 Å². The van der Waals surface area contributed by atoms with Gasteiger partial charge >= 0.3 is 0 Å². The SMILES string of the molecule is CC(C)(N)c1cccc2c1OCOC2. The number of hydrogen-bond acceptors (Lipinski definition) is 3. The zero-order valence-electron chi connectivity index (χ0n) is 8.54. The monoisotopic (exact) mass is 193 g/mol. The molecule has 0 spiro atoms. The molecule has 0 bridgehead atoms. The van der Waals surface area contributed by atoms with Crippen LogP contribution >= 0.6 is 0 Å². The molecule has 0 aliphatic carbocycles. The fourth-order valence-electron chi connectivity index (χ4n) is 1.63. The van der Waals surface area contributed by atoms with Gasteiger partial charge in [0.2, 0.25) is 0 Å². The fourth-order valence-corrected chi connectivity index (χ4v) is 1.63. The van der Waals surface area contributed by atoms with Crippen LogP contribution in [0.1, 0.15) is 25.0 Å². The quantitative estimate of drug-likeness (QED) is 0.739. The van der Waals surface area contributed by atoms with Crippen molar-refractivity contribution in [1.29, 1.82) is 0 Å². The molecular formula is C11H15NO2. The highest BCUT2D eigenvalue weighted by Crippen LogP contribution is 2.33. The maximum absolute atomic E-state index is 6.06. The predicted molar refractivity (Wildman–Crippen MR) is 53.9 cm³/mol. The Labute approximate surface area is 83.8 Å². The molecule has 0 fully saturated rings. The first kappa shape index (κ1) is 9.49. The molecule has 0 radical (unpaired) electrons. The Bertz CT molecular complexity index is 342. The van der Waals surface area contributed by atoms with Crippen LogP contribution in [0.5, 0.6) is 5.75 Å². The molecule has 1 heterocycles. The molecule has 3 heteroatoms. The first-order valence-corrected chi connectivity index (χ1v) is 4.71. The molecule has 1 aliphatic rings. The largest absolute Gasteiger partial charge is 0.467 e. The van der Waals surface area contributed by atoms with Crippen LogP contribution in [-0.2, 0) is 16.9 Å². The van der Waals surface area contributed by atoms with E-state index >= 15 is 0 Å². The van der Waals surface area contributed by atoms with Gasteiger partial charge in [-0.3, -0.25) is 0 Å². The van der Waals surface area contributed by atoms with E-state index in [1.165, 1.54) is 0 Å². The molecule has 0 saturated carbocycles. The lowest BCUT2D eigenvalue weighted by molar-refractivity contribution is -0.0176. The van der Waals surface area contributed by atoms with Crippen molar-refractivity contribution >= 4 is 0 Å². The van der Waals surface area contributed by atoms with E-state index in [9.17, 15) is 0 Å². The van der Waals surface area contributed by atoms with E-state index in [1.807, 2.05) is 32.0 Å². The standard InChI is InChI=1S/C11H15NO2/c1-11(2,12)9-5-3-4-8-6-13-7-14-10(8)9/h3-5H,6-7,12H2,1-2H3. The summed E-state index contributed by atoms with van der Waals surface area (Å²) in [5.74, 6) is 0.895. The van der Waals surface area contributed by atoms with Gasteiger partial charge in [0, 0.05) is 16.7 Å². The average molecular weight is 193 g/mol. The van der Waals surface area contributed by atoms with Crippen LogP contribution in [-0.4, -0.2) is 6.79 Å². The van der Waals surface area contributed by atoms with Gasteiger partial charge in [0.1, 0.15) is 5.75 Å². The highest BCUT2D eigenvalue weighted by atomic mass is 16.7. The van der Waals surface area contributed by atoms with Crippen LogP contribution in [0.15, 0.2) is 18.2 Å². The third-order valence-corrected chi connectivity index (χ3v) is 2.33. The minimum atomic E-state index is -0.372. The minimum Gasteiger partial charge on any atom is -0.467 e. The molecule has 0 atom stereocenters. The number of benzene rings is 1. The topological polar surface area (TPSA) is 44.5 Å². The summed E-state index contributed by atoms with van der Waals surface area (Å²) >= 11 is 0. The molecule has 1 aromatic carbocycles. The number of hydrogen-bond donors (Lipinski definition) is 1. The van der Waals surface area contributed by atoms with Crippen LogP contribution in [0.4, 0.5) is 0 Å². The summed E-state index contributed by atoms with van der Waals surface area (Å²) in [4.78, 5) is 0.